The number of nitrogens with one attached hydrogen (secondary N) is 1. The van der Waals surface area contributed by atoms with Gasteiger partial charge in [0.25, 0.3) is 0 Å². The van der Waals surface area contributed by atoms with Crippen LogP contribution in [0.4, 0.5) is 0 Å². The predicted molar refractivity (Wildman–Crippen MR) is 72.7 cm³/mol. The summed E-state index contributed by atoms with van der Waals surface area (Å²) >= 11 is 6.04. The Kier molecular flexibility index (Phi) is 4.80. The van der Waals surface area contributed by atoms with Crippen LogP contribution in [0.5, 0.6) is 5.75 Å². The first-order chi connectivity index (χ1) is 7.83. The molecule has 96 valence electrons. The molecule has 0 aliphatic rings. The van der Waals surface area contributed by atoms with Gasteiger partial charge in [-0.15, -0.1) is 0 Å². The number of hydrogen-bond donors (Lipinski definition) is 2. The Morgan fingerprint density at radius 1 is 1.41 bits per heavy atom. The first kappa shape index (κ1) is 14.3. The molecule has 0 fully saturated rings. The van der Waals surface area contributed by atoms with Crippen LogP contribution in [0.1, 0.15) is 25.0 Å². The van der Waals surface area contributed by atoms with E-state index in [4.69, 9.17) is 22.1 Å². The highest BCUT2D eigenvalue weighted by Crippen LogP contribution is 2.27. The lowest BCUT2D eigenvalue weighted by Crippen LogP contribution is -2.42. The van der Waals surface area contributed by atoms with Crippen molar-refractivity contribution >= 4 is 11.6 Å². The maximum atomic E-state index is 6.04. The molecule has 0 spiro atoms. The summed E-state index contributed by atoms with van der Waals surface area (Å²) in [4.78, 5) is 0. The van der Waals surface area contributed by atoms with E-state index < -0.39 is 0 Å². The van der Waals surface area contributed by atoms with Gasteiger partial charge in [0.15, 0.2) is 0 Å². The molecule has 1 rings (SSSR count). The van der Waals surface area contributed by atoms with E-state index in [1.807, 2.05) is 32.9 Å². The second kappa shape index (κ2) is 5.71. The maximum Gasteiger partial charge on any atom is 0.126 e. The fourth-order valence-electron chi connectivity index (χ4n) is 1.74. The van der Waals surface area contributed by atoms with Crippen LogP contribution >= 0.6 is 11.6 Å². The number of rotatable bonds is 5. The number of methoxy groups -OCH3 is 1. The summed E-state index contributed by atoms with van der Waals surface area (Å²) in [6, 6.07) is 3.82. The number of halogens is 1. The molecule has 0 saturated heterocycles. The molecule has 3 nitrogen and oxygen atoms in total. The van der Waals surface area contributed by atoms with Gasteiger partial charge in [0.05, 0.1) is 7.11 Å². The molecule has 1 aromatic rings. The number of hydrogen-bond acceptors (Lipinski definition) is 3. The van der Waals surface area contributed by atoms with Gasteiger partial charge >= 0.3 is 0 Å². The molecule has 0 atom stereocenters. The highest BCUT2D eigenvalue weighted by Gasteiger charge is 2.12. The highest BCUT2D eigenvalue weighted by atomic mass is 35.5. The average molecular weight is 257 g/mol. The van der Waals surface area contributed by atoms with Crippen molar-refractivity contribution in [2.24, 2.45) is 5.73 Å². The Hall–Kier alpha value is -0.770. The van der Waals surface area contributed by atoms with Gasteiger partial charge in [0.1, 0.15) is 5.75 Å². The van der Waals surface area contributed by atoms with E-state index in [1.165, 1.54) is 0 Å². The van der Waals surface area contributed by atoms with Crippen LogP contribution < -0.4 is 15.8 Å². The standard InChI is InChI=1S/C13H21ClN2O/c1-9-5-11(14)6-10(12(9)17-4)7-16-8-13(2,3)15/h5-6,16H,7-8,15H2,1-4H3. The van der Waals surface area contributed by atoms with Crippen molar-refractivity contribution in [1.29, 1.82) is 0 Å². The quantitative estimate of drug-likeness (QED) is 0.851. The summed E-state index contributed by atoms with van der Waals surface area (Å²) in [5.41, 5.74) is 7.79. The molecular weight excluding hydrogens is 236 g/mol. The molecule has 0 aromatic heterocycles. The lowest BCUT2D eigenvalue weighted by molar-refractivity contribution is 0.401. The van der Waals surface area contributed by atoms with Crippen molar-refractivity contribution in [3.8, 4) is 5.75 Å². The molecule has 0 aliphatic carbocycles. The summed E-state index contributed by atoms with van der Waals surface area (Å²) in [6.45, 7) is 7.40. The lowest BCUT2D eigenvalue weighted by atomic mass is 10.1. The molecule has 17 heavy (non-hydrogen) atoms. The topological polar surface area (TPSA) is 47.3 Å². The average Bonchev–Trinajstić information content (AvgIpc) is 2.14. The van der Waals surface area contributed by atoms with E-state index in [-0.39, 0.29) is 5.54 Å². The Morgan fingerprint density at radius 2 is 2.06 bits per heavy atom. The first-order valence-corrected chi connectivity index (χ1v) is 6.04. The molecule has 1 aromatic carbocycles. The minimum atomic E-state index is -0.221. The molecule has 0 radical (unpaired) electrons. The Morgan fingerprint density at radius 3 is 2.59 bits per heavy atom. The lowest BCUT2D eigenvalue weighted by Gasteiger charge is -2.20. The molecule has 0 heterocycles. The van der Waals surface area contributed by atoms with Crippen molar-refractivity contribution in [2.45, 2.75) is 32.9 Å². The summed E-state index contributed by atoms with van der Waals surface area (Å²) in [5.74, 6) is 0.886. The molecule has 0 saturated carbocycles. The van der Waals surface area contributed by atoms with Gasteiger partial charge < -0.3 is 15.8 Å². The van der Waals surface area contributed by atoms with Crippen LogP contribution in [0.3, 0.4) is 0 Å². The third-order valence-electron chi connectivity index (χ3n) is 2.42. The highest BCUT2D eigenvalue weighted by molar-refractivity contribution is 6.30. The van der Waals surface area contributed by atoms with Gasteiger partial charge in [-0.05, 0) is 38.5 Å². The Balaban J connectivity index is 2.76. The minimum absolute atomic E-state index is 0.221. The van der Waals surface area contributed by atoms with Crippen molar-refractivity contribution in [3.05, 3.63) is 28.3 Å². The van der Waals surface area contributed by atoms with E-state index in [2.05, 4.69) is 5.32 Å². The fourth-order valence-corrected chi connectivity index (χ4v) is 2.04. The SMILES string of the molecule is COc1c(C)cc(Cl)cc1CNCC(C)(C)N. The third-order valence-corrected chi connectivity index (χ3v) is 2.63. The number of benzene rings is 1. The van der Waals surface area contributed by atoms with Gasteiger partial charge in [-0.2, -0.15) is 0 Å². The largest absolute Gasteiger partial charge is 0.496 e. The van der Waals surface area contributed by atoms with Crippen LogP contribution in [0, 0.1) is 6.92 Å². The van der Waals surface area contributed by atoms with E-state index >= 15 is 0 Å². The zero-order valence-electron chi connectivity index (χ0n) is 10.9. The summed E-state index contributed by atoms with van der Waals surface area (Å²) in [5, 5.41) is 4.04. The van der Waals surface area contributed by atoms with E-state index in [9.17, 15) is 0 Å². The molecule has 0 aliphatic heterocycles. The van der Waals surface area contributed by atoms with Gasteiger partial charge in [0, 0.05) is 29.2 Å². The zero-order chi connectivity index (χ0) is 13.1. The second-order valence-electron chi connectivity index (χ2n) is 5.01. The third kappa shape index (κ3) is 4.54. The molecule has 0 amide bonds. The van der Waals surface area contributed by atoms with Gasteiger partial charge in [0.2, 0.25) is 0 Å². The Labute approximate surface area is 108 Å². The second-order valence-corrected chi connectivity index (χ2v) is 5.44. The van der Waals surface area contributed by atoms with E-state index in [0.29, 0.717) is 6.54 Å². The van der Waals surface area contributed by atoms with Gasteiger partial charge in [-0.25, -0.2) is 0 Å². The van der Waals surface area contributed by atoms with Crippen molar-refractivity contribution in [3.63, 3.8) is 0 Å². The monoisotopic (exact) mass is 256 g/mol. The fraction of sp³-hybridized carbons (Fsp3) is 0.538. The molecule has 4 heteroatoms. The van der Waals surface area contributed by atoms with Gasteiger partial charge in [-0.1, -0.05) is 11.6 Å². The van der Waals surface area contributed by atoms with E-state index in [1.54, 1.807) is 7.11 Å². The maximum absolute atomic E-state index is 6.04. The summed E-state index contributed by atoms with van der Waals surface area (Å²) < 4.78 is 5.38. The van der Waals surface area contributed by atoms with Crippen LogP contribution in [0.25, 0.3) is 0 Å². The summed E-state index contributed by atoms with van der Waals surface area (Å²) in [6.07, 6.45) is 0. The van der Waals surface area contributed by atoms with Crippen LogP contribution in [0.2, 0.25) is 5.02 Å². The smallest absolute Gasteiger partial charge is 0.126 e. The van der Waals surface area contributed by atoms with Crippen molar-refractivity contribution in [1.82, 2.24) is 5.32 Å². The normalized spacial score (nSPS) is 11.6. The first-order valence-electron chi connectivity index (χ1n) is 5.66. The summed E-state index contributed by atoms with van der Waals surface area (Å²) in [7, 11) is 1.67. The van der Waals surface area contributed by atoms with Crippen molar-refractivity contribution < 1.29 is 4.74 Å². The zero-order valence-corrected chi connectivity index (χ0v) is 11.7. The van der Waals surface area contributed by atoms with Crippen molar-refractivity contribution in [2.75, 3.05) is 13.7 Å². The molecule has 0 bridgehead atoms. The van der Waals surface area contributed by atoms with E-state index in [0.717, 1.165) is 28.4 Å². The number of ether oxygens (including phenoxy) is 1. The number of aryl methyl sites for hydroxylation is 1. The predicted octanol–water partition coefficient (Wildman–Crippen LogP) is 2.48. The van der Waals surface area contributed by atoms with Gasteiger partial charge in [-0.3, -0.25) is 0 Å². The molecular formula is C13H21ClN2O. The van der Waals surface area contributed by atoms with Crippen LogP contribution in [-0.2, 0) is 6.54 Å². The van der Waals surface area contributed by atoms with Crippen LogP contribution in [0.15, 0.2) is 12.1 Å². The molecule has 0 unspecified atom stereocenters. The number of nitrogens with two attached hydrogens (primary N) is 1. The Bertz CT molecular complexity index is 386. The van der Waals surface area contributed by atoms with Crippen LogP contribution in [-0.4, -0.2) is 19.2 Å². The minimum Gasteiger partial charge on any atom is -0.496 e. The molecule has 3 N–H and O–H groups in total.